The van der Waals surface area contributed by atoms with Gasteiger partial charge in [0.2, 0.25) is 0 Å². The summed E-state index contributed by atoms with van der Waals surface area (Å²) >= 11 is 0. The van der Waals surface area contributed by atoms with E-state index < -0.39 is 15.6 Å². The number of aryl methyl sites for hydroxylation is 2. The van der Waals surface area contributed by atoms with Crippen molar-refractivity contribution in [1.29, 1.82) is 0 Å². The van der Waals surface area contributed by atoms with Gasteiger partial charge in [0.1, 0.15) is 5.82 Å². The molecule has 1 fully saturated rings. The third-order valence-corrected chi connectivity index (χ3v) is 4.51. The van der Waals surface area contributed by atoms with E-state index in [-0.39, 0.29) is 11.6 Å². The van der Waals surface area contributed by atoms with E-state index in [9.17, 15) is 13.5 Å². The van der Waals surface area contributed by atoms with E-state index in [4.69, 9.17) is 0 Å². The van der Waals surface area contributed by atoms with Crippen molar-refractivity contribution in [3.05, 3.63) is 12.0 Å². The van der Waals surface area contributed by atoms with Crippen LogP contribution in [-0.4, -0.2) is 35.2 Å². The van der Waals surface area contributed by atoms with Gasteiger partial charge in [0.05, 0.1) is 5.60 Å². The van der Waals surface area contributed by atoms with Crippen LogP contribution in [-0.2, 0) is 17.1 Å². The van der Waals surface area contributed by atoms with E-state index in [1.54, 1.807) is 18.5 Å². The van der Waals surface area contributed by atoms with Gasteiger partial charge in [0.15, 0.2) is 5.03 Å². The van der Waals surface area contributed by atoms with Crippen molar-refractivity contribution in [3.63, 3.8) is 0 Å². The molecule has 1 aromatic heterocycles. The lowest BCUT2D eigenvalue weighted by molar-refractivity contribution is -0.0271. The molecule has 0 radical (unpaired) electrons. The number of hydrogen-bond donors (Lipinski definition) is 2. The normalized spacial score (nSPS) is 19.0. The quantitative estimate of drug-likeness (QED) is 0.792. The molecule has 0 atom stereocenters. The van der Waals surface area contributed by atoms with Gasteiger partial charge in [0, 0.05) is 19.8 Å². The summed E-state index contributed by atoms with van der Waals surface area (Å²) in [5.41, 5.74) is -0.864. The van der Waals surface area contributed by atoms with Crippen LogP contribution in [0, 0.1) is 6.92 Å². The first-order valence-electron chi connectivity index (χ1n) is 5.54. The second-order valence-corrected chi connectivity index (χ2v) is 6.35. The molecule has 2 N–H and O–H groups in total. The summed E-state index contributed by atoms with van der Waals surface area (Å²) in [6.45, 7) is 1.80. The summed E-state index contributed by atoms with van der Waals surface area (Å²) in [4.78, 5) is 3.96. The third kappa shape index (κ3) is 2.51. The lowest BCUT2D eigenvalue weighted by Crippen LogP contribution is -2.47. The van der Waals surface area contributed by atoms with Gasteiger partial charge in [-0.25, -0.2) is 18.1 Å². The van der Waals surface area contributed by atoms with E-state index in [1.807, 2.05) is 0 Å². The Balaban J connectivity index is 2.08. The zero-order valence-corrected chi connectivity index (χ0v) is 10.8. The standard InChI is InChI=1S/C10H17N3O3S/c1-8-12-9(6-13(8)2)17(15,16)11-7-10(14)4-3-5-10/h6,11,14H,3-5,7H2,1-2H3. The minimum Gasteiger partial charge on any atom is -0.389 e. The Kier molecular flexibility index (Phi) is 3.01. The zero-order chi connectivity index (χ0) is 12.7. The van der Waals surface area contributed by atoms with Crippen LogP contribution >= 0.6 is 0 Å². The van der Waals surface area contributed by atoms with Crippen molar-refractivity contribution in [3.8, 4) is 0 Å². The number of imidazole rings is 1. The highest BCUT2D eigenvalue weighted by molar-refractivity contribution is 7.89. The highest BCUT2D eigenvalue weighted by Crippen LogP contribution is 2.30. The van der Waals surface area contributed by atoms with E-state index in [0.29, 0.717) is 18.7 Å². The summed E-state index contributed by atoms with van der Waals surface area (Å²) in [7, 11) is -1.88. The van der Waals surface area contributed by atoms with Crippen LogP contribution in [0.15, 0.2) is 11.2 Å². The van der Waals surface area contributed by atoms with Crippen molar-refractivity contribution in [2.75, 3.05) is 6.54 Å². The van der Waals surface area contributed by atoms with Crippen molar-refractivity contribution in [1.82, 2.24) is 14.3 Å². The van der Waals surface area contributed by atoms with Gasteiger partial charge in [-0.15, -0.1) is 0 Å². The first-order chi connectivity index (χ1) is 7.82. The molecule has 0 bridgehead atoms. The summed E-state index contributed by atoms with van der Waals surface area (Å²) in [6.07, 6.45) is 3.71. The molecule has 0 spiro atoms. The summed E-state index contributed by atoms with van der Waals surface area (Å²) in [6, 6.07) is 0. The van der Waals surface area contributed by atoms with Gasteiger partial charge in [-0.3, -0.25) is 0 Å². The van der Waals surface area contributed by atoms with Gasteiger partial charge in [-0.2, -0.15) is 0 Å². The van der Waals surface area contributed by atoms with Crippen molar-refractivity contribution in [2.24, 2.45) is 7.05 Å². The van der Waals surface area contributed by atoms with Crippen LogP contribution in [0.5, 0.6) is 0 Å². The van der Waals surface area contributed by atoms with Gasteiger partial charge in [-0.05, 0) is 26.2 Å². The van der Waals surface area contributed by atoms with Gasteiger partial charge < -0.3 is 9.67 Å². The Morgan fingerprint density at radius 2 is 2.24 bits per heavy atom. The molecule has 96 valence electrons. The molecule has 0 saturated heterocycles. The van der Waals surface area contributed by atoms with E-state index >= 15 is 0 Å². The molecule has 1 heterocycles. The maximum Gasteiger partial charge on any atom is 0.259 e. The molecule has 0 unspecified atom stereocenters. The molecule has 17 heavy (non-hydrogen) atoms. The lowest BCUT2D eigenvalue weighted by atomic mass is 9.81. The molecule has 0 aliphatic heterocycles. The van der Waals surface area contributed by atoms with Gasteiger partial charge in [-0.1, -0.05) is 0 Å². The van der Waals surface area contributed by atoms with Crippen molar-refractivity contribution >= 4 is 10.0 Å². The highest BCUT2D eigenvalue weighted by Gasteiger charge is 2.35. The second-order valence-electron chi connectivity index (χ2n) is 4.64. The molecule has 1 aromatic rings. The smallest absolute Gasteiger partial charge is 0.259 e. The molecule has 0 aromatic carbocycles. The molecule has 1 saturated carbocycles. The van der Waals surface area contributed by atoms with E-state index in [0.717, 1.165) is 6.42 Å². The third-order valence-electron chi connectivity index (χ3n) is 3.24. The summed E-state index contributed by atoms with van der Waals surface area (Å²) < 4.78 is 27.8. The number of nitrogens with one attached hydrogen (secondary N) is 1. The van der Waals surface area contributed by atoms with Gasteiger partial charge in [0.25, 0.3) is 10.0 Å². The molecular formula is C10H17N3O3S. The topological polar surface area (TPSA) is 84.2 Å². The predicted molar refractivity (Wildman–Crippen MR) is 61.9 cm³/mol. The molecule has 0 amide bonds. The molecular weight excluding hydrogens is 242 g/mol. The van der Waals surface area contributed by atoms with Crippen LogP contribution in [0.3, 0.4) is 0 Å². The van der Waals surface area contributed by atoms with Crippen LogP contribution in [0.2, 0.25) is 0 Å². The number of aliphatic hydroxyl groups is 1. The fourth-order valence-electron chi connectivity index (χ4n) is 1.72. The Labute approximate surface area is 101 Å². The molecule has 7 heteroatoms. The minimum atomic E-state index is -3.61. The Morgan fingerprint density at radius 1 is 1.59 bits per heavy atom. The number of nitrogens with zero attached hydrogens (tertiary/aromatic N) is 2. The van der Waals surface area contributed by atoms with Crippen LogP contribution in [0.1, 0.15) is 25.1 Å². The number of aromatic nitrogens is 2. The van der Waals surface area contributed by atoms with E-state index in [1.165, 1.54) is 6.20 Å². The molecule has 1 aliphatic carbocycles. The highest BCUT2D eigenvalue weighted by atomic mass is 32.2. The number of sulfonamides is 1. The van der Waals surface area contributed by atoms with Crippen LogP contribution in [0.4, 0.5) is 0 Å². The van der Waals surface area contributed by atoms with Gasteiger partial charge >= 0.3 is 0 Å². The Hall–Kier alpha value is -0.920. The van der Waals surface area contributed by atoms with Crippen LogP contribution in [0.25, 0.3) is 0 Å². The molecule has 1 aliphatic rings. The second kappa shape index (κ2) is 4.08. The Bertz CT molecular complexity index is 497. The summed E-state index contributed by atoms with van der Waals surface area (Å²) in [5, 5.41) is 9.83. The molecule has 2 rings (SSSR count). The zero-order valence-electron chi connectivity index (χ0n) is 9.97. The van der Waals surface area contributed by atoms with Crippen molar-refractivity contribution < 1.29 is 13.5 Å². The fraction of sp³-hybridized carbons (Fsp3) is 0.700. The number of hydrogen-bond acceptors (Lipinski definition) is 4. The maximum atomic E-state index is 11.9. The van der Waals surface area contributed by atoms with Crippen molar-refractivity contribution in [2.45, 2.75) is 36.8 Å². The largest absolute Gasteiger partial charge is 0.389 e. The minimum absolute atomic E-state index is 0.000392. The fourth-order valence-corrected chi connectivity index (χ4v) is 2.88. The average Bonchev–Trinajstić information content (AvgIpc) is 2.54. The first kappa shape index (κ1) is 12.5. The predicted octanol–water partition coefficient (Wildman–Crippen LogP) is -0.0782. The Morgan fingerprint density at radius 3 is 2.65 bits per heavy atom. The first-order valence-corrected chi connectivity index (χ1v) is 7.03. The SMILES string of the molecule is Cc1nc(S(=O)(=O)NCC2(O)CCC2)cn1C. The van der Waals surface area contributed by atoms with E-state index in [2.05, 4.69) is 9.71 Å². The lowest BCUT2D eigenvalue weighted by Gasteiger charge is -2.36. The van der Waals surface area contributed by atoms with Crippen LogP contribution < -0.4 is 4.72 Å². The number of rotatable bonds is 4. The monoisotopic (exact) mass is 259 g/mol. The molecule has 6 nitrogen and oxygen atoms in total. The maximum absolute atomic E-state index is 11.9. The average molecular weight is 259 g/mol. The summed E-state index contributed by atoms with van der Waals surface area (Å²) in [5.74, 6) is 0.632.